The summed E-state index contributed by atoms with van der Waals surface area (Å²) in [6.45, 7) is 1.58. The summed E-state index contributed by atoms with van der Waals surface area (Å²) in [4.78, 5) is 0. The summed E-state index contributed by atoms with van der Waals surface area (Å²) in [5.41, 5.74) is 6.91. The van der Waals surface area contributed by atoms with Crippen molar-refractivity contribution in [3.63, 3.8) is 0 Å². The van der Waals surface area contributed by atoms with Gasteiger partial charge in [0, 0.05) is 6.54 Å². The Morgan fingerprint density at radius 2 is 1.95 bits per heavy atom. The zero-order valence-electron chi connectivity index (χ0n) is 11.7. The fraction of sp³-hybridized carbons (Fsp3) is 0.533. The Morgan fingerprint density at radius 3 is 2.60 bits per heavy atom. The minimum atomic E-state index is 0.0213. The molecule has 1 aliphatic rings. The third kappa shape index (κ3) is 2.22. The average molecular weight is 271 g/mol. The number of aromatic nitrogens is 4. The van der Waals surface area contributed by atoms with Crippen LogP contribution in [0.3, 0.4) is 0 Å². The largest absolute Gasteiger partial charge is 0.330 e. The molecule has 0 saturated heterocycles. The monoisotopic (exact) mass is 271 g/mol. The maximum absolute atomic E-state index is 5.56. The minimum absolute atomic E-state index is 0.0213. The second-order valence-corrected chi connectivity index (χ2v) is 5.52. The minimum Gasteiger partial charge on any atom is -0.330 e. The maximum atomic E-state index is 5.56. The van der Waals surface area contributed by atoms with Crippen LogP contribution < -0.4 is 5.73 Å². The third-order valence-corrected chi connectivity index (χ3v) is 4.32. The summed E-state index contributed by atoms with van der Waals surface area (Å²) in [6.07, 6.45) is 5.55. The number of hydrogen-bond acceptors (Lipinski definition) is 4. The molecule has 5 nitrogen and oxygen atoms in total. The molecule has 1 aliphatic carbocycles. The molecule has 0 unspecified atom stereocenters. The highest BCUT2D eigenvalue weighted by Gasteiger charge is 2.44. The first-order chi connectivity index (χ1) is 9.87. The smallest absolute Gasteiger partial charge is 0.161 e. The van der Waals surface area contributed by atoms with E-state index in [4.69, 9.17) is 5.73 Å². The lowest BCUT2D eigenvalue weighted by molar-refractivity contribution is 0.270. The highest BCUT2D eigenvalue weighted by Crippen LogP contribution is 2.47. The van der Waals surface area contributed by atoms with Gasteiger partial charge in [-0.2, -0.15) is 0 Å². The lowest BCUT2D eigenvalue weighted by Crippen LogP contribution is -2.38. The van der Waals surface area contributed by atoms with Gasteiger partial charge in [0.25, 0.3) is 0 Å². The predicted molar refractivity (Wildman–Crippen MR) is 77.2 cm³/mol. The van der Waals surface area contributed by atoms with Crippen molar-refractivity contribution in [2.75, 3.05) is 6.54 Å². The van der Waals surface area contributed by atoms with Gasteiger partial charge in [0.1, 0.15) is 0 Å². The molecule has 0 spiro atoms. The van der Waals surface area contributed by atoms with Crippen LogP contribution in [0.1, 0.15) is 43.5 Å². The van der Waals surface area contributed by atoms with Crippen molar-refractivity contribution in [2.24, 2.45) is 5.73 Å². The first-order valence-corrected chi connectivity index (χ1v) is 7.39. The number of hydrogen-bond donors (Lipinski definition) is 1. The molecule has 0 radical (unpaired) electrons. The van der Waals surface area contributed by atoms with E-state index < -0.39 is 0 Å². The van der Waals surface area contributed by atoms with Crippen LogP contribution in [0.2, 0.25) is 0 Å². The Bertz CT molecular complexity index is 544. The summed E-state index contributed by atoms with van der Waals surface area (Å²) >= 11 is 0. The Kier molecular flexibility index (Phi) is 3.78. The van der Waals surface area contributed by atoms with Gasteiger partial charge in [-0.1, -0.05) is 36.8 Å². The molecule has 1 fully saturated rings. The molecule has 0 aliphatic heterocycles. The topological polar surface area (TPSA) is 69.6 Å². The number of tetrazole rings is 1. The molecule has 1 aromatic carbocycles. The quantitative estimate of drug-likeness (QED) is 0.814. The van der Waals surface area contributed by atoms with Crippen molar-refractivity contribution >= 4 is 0 Å². The molecule has 0 atom stereocenters. The van der Waals surface area contributed by atoms with E-state index in [-0.39, 0.29) is 5.41 Å². The van der Waals surface area contributed by atoms with Crippen LogP contribution in [0.4, 0.5) is 0 Å². The zero-order valence-corrected chi connectivity index (χ0v) is 11.7. The molecular formula is C15H21N5. The van der Waals surface area contributed by atoms with E-state index in [0.717, 1.165) is 44.6 Å². The number of unbranched alkanes of at least 4 members (excludes halogenated alkanes) is 1. The van der Waals surface area contributed by atoms with E-state index in [1.54, 1.807) is 0 Å². The second-order valence-electron chi connectivity index (χ2n) is 5.52. The maximum Gasteiger partial charge on any atom is 0.161 e. The van der Waals surface area contributed by atoms with Crippen molar-refractivity contribution < 1.29 is 0 Å². The van der Waals surface area contributed by atoms with E-state index in [1.807, 2.05) is 4.68 Å². The van der Waals surface area contributed by atoms with E-state index in [9.17, 15) is 0 Å². The molecule has 1 saturated carbocycles. The predicted octanol–water partition coefficient (Wildman–Crippen LogP) is 1.88. The second kappa shape index (κ2) is 5.71. The van der Waals surface area contributed by atoms with Gasteiger partial charge in [-0.3, -0.25) is 0 Å². The number of benzene rings is 1. The van der Waals surface area contributed by atoms with E-state index in [0.29, 0.717) is 0 Å². The van der Waals surface area contributed by atoms with Gasteiger partial charge in [-0.25, -0.2) is 4.68 Å². The number of nitrogens with zero attached hydrogens (tertiary/aromatic N) is 4. The SMILES string of the molecule is NCCCCn1nnnc1C1(c2ccccc2)CCC1. The van der Waals surface area contributed by atoms with Crippen molar-refractivity contribution in [1.29, 1.82) is 0 Å². The van der Waals surface area contributed by atoms with Gasteiger partial charge in [0.2, 0.25) is 0 Å². The Balaban J connectivity index is 1.89. The van der Waals surface area contributed by atoms with E-state index >= 15 is 0 Å². The number of nitrogens with two attached hydrogens (primary N) is 1. The molecule has 20 heavy (non-hydrogen) atoms. The molecular weight excluding hydrogens is 250 g/mol. The normalized spacial score (nSPS) is 16.9. The van der Waals surface area contributed by atoms with Crippen molar-refractivity contribution in [2.45, 2.75) is 44.1 Å². The highest BCUT2D eigenvalue weighted by molar-refractivity contribution is 5.35. The van der Waals surface area contributed by atoms with E-state index in [1.165, 1.54) is 12.0 Å². The van der Waals surface area contributed by atoms with Crippen LogP contribution in [-0.4, -0.2) is 26.8 Å². The fourth-order valence-electron chi connectivity index (χ4n) is 3.03. The molecule has 1 heterocycles. The van der Waals surface area contributed by atoms with Crippen LogP contribution in [0, 0.1) is 0 Å². The summed E-state index contributed by atoms with van der Waals surface area (Å²) in [5.74, 6) is 1.02. The van der Waals surface area contributed by atoms with Crippen LogP contribution in [0.5, 0.6) is 0 Å². The molecule has 2 N–H and O–H groups in total. The molecule has 2 aromatic rings. The summed E-state index contributed by atoms with van der Waals surface area (Å²) < 4.78 is 1.97. The Labute approximate surface area is 119 Å². The van der Waals surface area contributed by atoms with Gasteiger partial charge in [-0.05, 0) is 48.2 Å². The summed E-state index contributed by atoms with van der Waals surface area (Å²) in [5, 5.41) is 12.4. The lowest BCUT2D eigenvalue weighted by atomic mass is 9.64. The number of rotatable bonds is 6. The van der Waals surface area contributed by atoms with Gasteiger partial charge in [0.15, 0.2) is 5.82 Å². The lowest BCUT2D eigenvalue weighted by Gasteiger charge is -2.41. The summed E-state index contributed by atoms with van der Waals surface area (Å²) in [6, 6.07) is 10.6. The van der Waals surface area contributed by atoms with Crippen LogP contribution in [0.15, 0.2) is 30.3 Å². The molecule has 1 aromatic heterocycles. The van der Waals surface area contributed by atoms with Gasteiger partial charge in [-0.15, -0.1) is 5.10 Å². The van der Waals surface area contributed by atoms with Crippen molar-refractivity contribution in [3.8, 4) is 0 Å². The van der Waals surface area contributed by atoms with Crippen LogP contribution in [-0.2, 0) is 12.0 Å². The average Bonchev–Trinajstić information content (AvgIpc) is 2.88. The third-order valence-electron chi connectivity index (χ3n) is 4.32. The van der Waals surface area contributed by atoms with Gasteiger partial charge in [0.05, 0.1) is 5.41 Å². The molecule has 106 valence electrons. The Hall–Kier alpha value is -1.75. The van der Waals surface area contributed by atoms with Gasteiger partial charge >= 0.3 is 0 Å². The molecule has 5 heteroatoms. The van der Waals surface area contributed by atoms with E-state index in [2.05, 4.69) is 45.9 Å². The zero-order chi connectivity index (χ0) is 13.8. The Morgan fingerprint density at radius 1 is 1.15 bits per heavy atom. The van der Waals surface area contributed by atoms with Gasteiger partial charge < -0.3 is 5.73 Å². The fourth-order valence-corrected chi connectivity index (χ4v) is 3.03. The molecule has 0 bridgehead atoms. The highest BCUT2D eigenvalue weighted by atomic mass is 15.5. The molecule has 3 rings (SSSR count). The van der Waals surface area contributed by atoms with Crippen molar-refractivity contribution in [3.05, 3.63) is 41.7 Å². The van der Waals surface area contributed by atoms with Crippen LogP contribution >= 0.6 is 0 Å². The first-order valence-electron chi connectivity index (χ1n) is 7.39. The van der Waals surface area contributed by atoms with Crippen molar-refractivity contribution in [1.82, 2.24) is 20.2 Å². The standard InChI is InChI=1S/C15H21N5/c16-11-4-5-12-20-14(17-18-19-20)15(9-6-10-15)13-7-2-1-3-8-13/h1-3,7-8H,4-6,9-12,16H2. The molecule has 0 amide bonds. The first kappa shape index (κ1) is 13.2. The number of aryl methyl sites for hydroxylation is 1. The summed E-state index contributed by atoms with van der Waals surface area (Å²) in [7, 11) is 0. The van der Waals surface area contributed by atoms with Crippen LogP contribution in [0.25, 0.3) is 0 Å².